The van der Waals surface area contributed by atoms with Gasteiger partial charge in [0, 0.05) is 22.7 Å². The first-order valence-corrected chi connectivity index (χ1v) is 10.9. The van der Waals surface area contributed by atoms with E-state index in [0.717, 1.165) is 16.7 Å². The minimum absolute atomic E-state index is 0.165. The summed E-state index contributed by atoms with van der Waals surface area (Å²) in [6.45, 7) is 2.66. The number of carbonyl (C=O) groups is 1. The number of halogens is 1. The van der Waals surface area contributed by atoms with E-state index in [1.54, 1.807) is 45.6 Å². The number of carbonyl (C=O) groups excluding carboxylic acids is 1. The third-order valence-electron chi connectivity index (χ3n) is 5.21. The third kappa shape index (κ3) is 6.33. The monoisotopic (exact) mass is 469 g/mol. The largest absolute Gasteiger partial charge is 0.496 e. The number of rotatable bonds is 10. The fraction of sp³-hybridized carbons (Fsp3) is 0.269. The highest BCUT2D eigenvalue weighted by molar-refractivity contribution is 6.31. The molecule has 0 radical (unpaired) electrons. The molecule has 1 amide bonds. The molecule has 0 aromatic heterocycles. The standard InChI is InChI=1S/C26H28ClNO5/c1-17-13-21(7-8-22(17)27)33-16-20-15-19(6-10-23(20)30-2)26(29)28-12-11-18-5-9-24(31-3)25(14-18)32-4/h5-10,13-15H,11-12,16H2,1-4H3,(H,28,29). The number of hydrogen-bond acceptors (Lipinski definition) is 5. The van der Waals surface area contributed by atoms with Gasteiger partial charge in [-0.15, -0.1) is 0 Å². The molecule has 33 heavy (non-hydrogen) atoms. The summed E-state index contributed by atoms with van der Waals surface area (Å²) in [5.41, 5.74) is 3.28. The van der Waals surface area contributed by atoms with Crippen LogP contribution in [0.4, 0.5) is 0 Å². The molecular weight excluding hydrogens is 442 g/mol. The van der Waals surface area contributed by atoms with Gasteiger partial charge in [-0.2, -0.15) is 0 Å². The average molecular weight is 470 g/mol. The smallest absolute Gasteiger partial charge is 0.251 e. The Kier molecular flexibility index (Phi) is 8.44. The number of benzene rings is 3. The molecule has 3 rings (SSSR count). The molecule has 0 saturated carbocycles. The second kappa shape index (κ2) is 11.5. The van der Waals surface area contributed by atoms with Gasteiger partial charge in [-0.25, -0.2) is 0 Å². The molecule has 1 N–H and O–H groups in total. The number of hydrogen-bond donors (Lipinski definition) is 1. The Labute approximate surface area is 199 Å². The van der Waals surface area contributed by atoms with Gasteiger partial charge in [0.25, 0.3) is 5.91 Å². The maximum absolute atomic E-state index is 12.7. The lowest BCUT2D eigenvalue weighted by Gasteiger charge is -2.13. The average Bonchev–Trinajstić information content (AvgIpc) is 2.84. The molecule has 0 aliphatic rings. The molecule has 0 atom stereocenters. The molecule has 3 aromatic carbocycles. The van der Waals surface area contributed by atoms with Crippen LogP contribution >= 0.6 is 11.6 Å². The van der Waals surface area contributed by atoms with Gasteiger partial charge >= 0.3 is 0 Å². The molecule has 6 nitrogen and oxygen atoms in total. The van der Waals surface area contributed by atoms with Crippen molar-refractivity contribution in [3.8, 4) is 23.0 Å². The quantitative estimate of drug-likeness (QED) is 0.440. The molecule has 0 fully saturated rings. The zero-order chi connectivity index (χ0) is 23.8. The van der Waals surface area contributed by atoms with E-state index >= 15 is 0 Å². The first-order chi connectivity index (χ1) is 15.9. The maximum Gasteiger partial charge on any atom is 0.251 e. The molecule has 0 aliphatic heterocycles. The van der Waals surface area contributed by atoms with E-state index in [1.165, 1.54) is 0 Å². The fourth-order valence-electron chi connectivity index (χ4n) is 3.36. The van der Waals surface area contributed by atoms with E-state index in [4.69, 9.17) is 30.5 Å². The van der Waals surface area contributed by atoms with Crippen molar-refractivity contribution in [3.05, 3.63) is 81.9 Å². The molecule has 174 valence electrons. The van der Waals surface area contributed by atoms with Crippen molar-refractivity contribution >= 4 is 17.5 Å². The highest BCUT2D eigenvalue weighted by atomic mass is 35.5. The Morgan fingerprint density at radius 3 is 2.30 bits per heavy atom. The number of methoxy groups -OCH3 is 3. The molecule has 0 aliphatic carbocycles. The van der Waals surface area contributed by atoms with E-state index in [0.29, 0.717) is 46.5 Å². The highest BCUT2D eigenvalue weighted by Crippen LogP contribution is 2.28. The molecule has 0 spiro atoms. The minimum Gasteiger partial charge on any atom is -0.496 e. The SMILES string of the molecule is COc1ccc(C(=O)NCCc2ccc(OC)c(OC)c2)cc1COc1ccc(Cl)c(C)c1. The van der Waals surface area contributed by atoms with Gasteiger partial charge in [-0.1, -0.05) is 17.7 Å². The van der Waals surface area contributed by atoms with Gasteiger partial charge in [-0.3, -0.25) is 4.79 Å². The molecular formula is C26H28ClNO5. The van der Waals surface area contributed by atoms with E-state index in [1.807, 2.05) is 37.3 Å². The van der Waals surface area contributed by atoms with E-state index < -0.39 is 0 Å². The Balaban J connectivity index is 1.62. The van der Waals surface area contributed by atoms with Crippen LogP contribution in [0.5, 0.6) is 23.0 Å². The molecule has 0 saturated heterocycles. The van der Waals surface area contributed by atoms with Gasteiger partial charge in [0.2, 0.25) is 0 Å². The van der Waals surface area contributed by atoms with E-state index in [2.05, 4.69) is 5.32 Å². The van der Waals surface area contributed by atoms with Crippen LogP contribution in [0, 0.1) is 6.92 Å². The summed E-state index contributed by atoms with van der Waals surface area (Å²) in [6, 6.07) is 16.5. The van der Waals surface area contributed by atoms with Crippen molar-refractivity contribution in [2.75, 3.05) is 27.9 Å². The topological polar surface area (TPSA) is 66.0 Å². The van der Waals surface area contributed by atoms with Crippen molar-refractivity contribution in [2.24, 2.45) is 0 Å². The van der Waals surface area contributed by atoms with Gasteiger partial charge in [-0.05, 0) is 73.0 Å². The van der Waals surface area contributed by atoms with Gasteiger partial charge in [0.05, 0.1) is 21.3 Å². The number of aryl methyl sites for hydroxylation is 1. The number of nitrogens with one attached hydrogen (secondary N) is 1. The summed E-state index contributed by atoms with van der Waals surface area (Å²) in [5.74, 6) is 2.53. The first-order valence-electron chi connectivity index (χ1n) is 10.5. The first kappa shape index (κ1) is 24.3. The fourth-order valence-corrected chi connectivity index (χ4v) is 3.48. The van der Waals surface area contributed by atoms with Crippen LogP contribution in [0.1, 0.15) is 27.0 Å². The van der Waals surface area contributed by atoms with Crippen LogP contribution in [0.3, 0.4) is 0 Å². The van der Waals surface area contributed by atoms with Crippen molar-refractivity contribution in [1.29, 1.82) is 0 Å². The predicted octanol–water partition coefficient (Wildman–Crippen LogP) is 5.23. The molecule has 0 heterocycles. The summed E-state index contributed by atoms with van der Waals surface area (Å²) in [4.78, 5) is 12.7. The number of amides is 1. The predicted molar refractivity (Wildman–Crippen MR) is 129 cm³/mol. The Hall–Kier alpha value is -3.38. The summed E-state index contributed by atoms with van der Waals surface area (Å²) < 4.78 is 21.9. The van der Waals surface area contributed by atoms with Crippen LogP contribution in [-0.4, -0.2) is 33.8 Å². The van der Waals surface area contributed by atoms with Crippen LogP contribution in [0.25, 0.3) is 0 Å². The zero-order valence-corrected chi connectivity index (χ0v) is 20.0. The number of ether oxygens (including phenoxy) is 4. The Morgan fingerprint density at radius 2 is 1.61 bits per heavy atom. The molecule has 0 unspecified atom stereocenters. The summed E-state index contributed by atoms with van der Waals surface area (Å²) in [6.07, 6.45) is 0.661. The Bertz CT molecular complexity index is 1120. The Morgan fingerprint density at radius 1 is 0.879 bits per heavy atom. The highest BCUT2D eigenvalue weighted by Gasteiger charge is 2.12. The summed E-state index contributed by atoms with van der Waals surface area (Å²) >= 11 is 6.08. The van der Waals surface area contributed by atoms with Crippen molar-refractivity contribution in [2.45, 2.75) is 20.0 Å². The van der Waals surface area contributed by atoms with Crippen LogP contribution in [0.2, 0.25) is 5.02 Å². The maximum atomic E-state index is 12.7. The summed E-state index contributed by atoms with van der Waals surface area (Å²) in [7, 11) is 4.79. The van der Waals surface area contributed by atoms with Crippen LogP contribution < -0.4 is 24.3 Å². The van der Waals surface area contributed by atoms with Crippen molar-refractivity contribution in [1.82, 2.24) is 5.32 Å². The summed E-state index contributed by atoms with van der Waals surface area (Å²) in [5, 5.41) is 3.65. The van der Waals surface area contributed by atoms with E-state index in [9.17, 15) is 4.79 Å². The van der Waals surface area contributed by atoms with Crippen molar-refractivity contribution in [3.63, 3.8) is 0 Å². The van der Waals surface area contributed by atoms with Crippen molar-refractivity contribution < 1.29 is 23.7 Å². The zero-order valence-electron chi connectivity index (χ0n) is 19.2. The lowest BCUT2D eigenvalue weighted by molar-refractivity contribution is 0.0954. The molecule has 0 bridgehead atoms. The normalized spacial score (nSPS) is 10.5. The minimum atomic E-state index is -0.165. The molecule has 3 aromatic rings. The van der Waals surface area contributed by atoms with Gasteiger partial charge < -0.3 is 24.3 Å². The van der Waals surface area contributed by atoms with Crippen LogP contribution in [0.15, 0.2) is 54.6 Å². The second-order valence-corrected chi connectivity index (χ2v) is 7.83. The third-order valence-corrected chi connectivity index (χ3v) is 5.64. The van der Waals surface area contributed by atoms with Gasteiger partial charge in [0.1, 0.15) is 18.1 Å². The second-order valence-electron chi connectivity index (χ2n) is 7.42. The van der Waals surface area contributed by atoms with Crippen LogP contribution in [-0.2, 0) is 13.0 Å². The molecule has 7 heteroatoms. The lowest BCUT2D eigenvalue weighted by atomic mass is 10.1. The van der Waals surface area contributed by atoms with E-state index in [-0.39, 0.29) is 12.5 Å². The van der Waals surface area contributed by atoms with Gasteiger partial charge in [0.15, 0.2) is 11.5 Å². The lowest BCUT2D eigenvalue weighted by Crippen LogP contribution is -2.25.